The number of rotatable bonds is 3. The van der Waals surface area contributed by atoms with E-state index in [9.17, 15) is 14.7 Å². The third-order valence-electron chi connectivity index (χ3n) is 8.51. The minimum atomic E-state index is -2.19. The number of carbonyl (C=O) groups excluding carboxylic acids is 1. The molecule has 0 heterocycles. The quantitative estimate of drug-likeness (QED) is 0.709. The van der Waals surface area contributed by atoms with Crippen LogP contribution in [0.1, 0.15) is 67.2 Å². The first-order valence-electron chi connectivity index (χ1n) is 10.1. The summed E-state index contributed by atoms with van der Waals surface area (Å²) in [6, 6.07) is 0. The Morgan fingerprint density at radius 2 is 1.85 bits per heavy atom. The first-order chi connectivity index (χ1) is 11.6. The predicted octanol–water partition coefficient (Wildman–Crippen LogP) is 4.88. The maximum absolute atomic E-state index is 13.2. The molecule has 5 heteroatoms. The van der Waals surface area contributed by atoms with Crippen LogP contribution < -0.4 is 0 Å². The predicted molar refractivity (Wildman–Crippen MR) is 104 cm³/mol. The first kappa shape index (κ1) is 20.1. The van der Waals surface area contributed by atoms with Crippen molar-refractivity contribution < 1.29 is 19.1 Å². The molecule has 3 fully saturated rings. The number of aliphatic carboxylic acids is 1. The summed E-state index contributed by atoms with van der Waals surface area (Å²) in [7, 11) is -2.19. The number of Topliss-reactive ketones (excluding diaryl/α,β-unsaturated/α-hetero) is 1. The van der Waals surface area contributed by atoms with Crippen molar-refractivity contribution in [2.24, 2.45) is 28.6 Å². The van der Waals surface area contributed by atoms with Gasteiger partial charge in [0.2, 0.25) is 0 Å². The van der Waals surface area contributed by atoms with Gasteiger partial charge >= 0.3 is 5.97 Å². The van der Waals surface area contributed by atoms with Crippen LogP contribution in [0.3, 0.4) is 0 Å². The Kier molecular flexibility index (Phi) is 4.19. The molecule has 1 N–H and O–H groups in total. The van der Waals surface area contributed by atoms with Crippen molar-refractivity contribution in [3.05, 3.63) is 0 Å². The molecule has 0 aromatic heterocycles. The molecule has 3 aliphatic rings. The number of carboxylic acid groups (broad SMARTS) is 1. The van der Waals surface area contributed by atoms with Crippen molar-refractivity contribution in [2.45, 2.75) is 91.0 Å². The zero-order chi connectivity index (χ0) is 19.9. The minimum absolute atomic E-state index is 0.00798. The van der Waals surface area contributed by atoms with Gasteiger partial charge in [0.15, 0.2) is 8.32 Å². The Hall–Kier alpha value is -0.683. The van der Waals surface area contributed by atoms with Gasteiger partial charge in [-0.2, -0.15) is 0 Å². The van der Waals surface area contributed by atoms with E-state index in [2.05, 4.69) is 40.8 Å². The lowest BCUT2D eigenvalue weighted by molar-refractivity contribution is -0.154. The Morgan fingerprint density at radius 1 is 1.27 bits per heavy atom. The van der Waals surface area contributed by atoms with E-state index in [1.54, 1.807) is 0 Å². The maximum Gasteiger partial charge on any atom is 0.309 e. The third-order valence-corrected chi connectivity index (χ3v) is 13.0. The van der Waals surface area contributed by atoms with E-state index >= 15 is 0 Å². The van der Waals surface area contributed by atoms with Crippen LogP contribution in [0, 0.1) is 28.6 Å². The van der Waals surface area contributed by atoms with Gasteiger partial charge in [0.05, 0.1) is 11.5 Å². The highest BCUT2D eigenvalue weighted by Gasteiger charge is 2.78. The van der Waals surface area contributed by atoms with E-state index in [1.165, 1.54) is 0 Å². The topological polar surface area (TPSA) is 63.6 Å². The molecular weight excluding hydrogens is 344 g/mol. The summed E-state index contributed by atoms with van der Waals surface area (Å²) in [5.41, 5.74) is -1.38. The van der Waals surface area contributed by atoms with E-state index in [0.717, 1.165) is 12.8 Å². The monoisotopic (exact) mass is 380 g/mol. The lowest BCUT2D eigenvalue weighted by atomic mass is 9.66. The van der Waals surface area contributed by atoms with E-state index in [0.29, 0.717) is 18.6 Å². The highest BCUT2D eigenvalue weighted by atomic mass is 28.4. The van der Waals surface area contributed by atoms with Crippen LogP contribution in [0.15, 0.2) is 0 Å². The van der Waals surface area contributed by atoms with E-state index in [1.807, 2.05) is 13.8 Å². The molecule has 0 bridgehead atoms. The van der Waals surface area contributed by atoms with Crippen molar-refractivity contribution in [3.8, 4) is 0 Å². The SMILES string of the molecule is C[C@@H]1C[C@@H](C(=O)O)[C@@]2(O[Si](C)(C)C(C)(C)C)CC[C@@H]3C(=O)C(C)(C)C[C@]132. The normalized spacial score (nSPS) is 42.0. The van der Waals surface area contributed by atoms with Crippen LogP contribution in [0.2, 0.25) is 18.1 Å². The van der Waals surface area contributed by atoms with Crippen molar-refractivity contribution >= 4 is 20.1 Å². The maximum atomic E-state index is 13.2. The van der Waals surface area contributed by atoms with Gasteiger partial charge in [0, 0.05) is 16.7 Å². The summed E-state index contributed by atoms with van der Waals surface area (Å²) >= 11 is 0. The number of carboxylic acids is 1. The lowest BCUT2D eigenvalue weighted by Gasteiger charge is -2.51. The zero-order valence-electron chi connectivity index (χ0n) is 17.7. The molecule has 3 aliphatic carbocycles. The second-order valence-corrected chi connectivity index (χ2v) is 16.1. The van der Waals surface area contributed by atoms with Crippen molar-refractivity contribution in [2.75, 3.05) is 0 Å². The van der Waals surface area contributed by atoms with Crippen molar-refractivity contribution in [3.63, 3.8) is 0 Å². The molecule has 0 aromatic rings. The number of hydrogen-bond acceptors (Lipinski definition) is 3. The molecule has 26 heavy (non-hydrogen) atoms. The van der Waals surface area contributed by atoms with Crippen LogP contribution in [0.25, 0.3) is 0 Å². The summed E-state index contributed by atoms with van der Waals surface area (Å²) in [5.74, 6) is -0.757. The van der Waals surface area contributed by atoms with Gasteiger partial charge in [0.1, 0.15) is 5.78 Å². The molecular formula is C21H36O4Si. The fourth-order valence-corrected chi connectivity index (χ4v) is 8.04. The van der Waals surface area contributed by atoms with Crippen molar-refractivity contribution in [1.29, 1.82) is 0 Å². The van der Waals surface area contributed by atoms with Crippen LogP contribution in [-0.4, -0.2) is 30.8 Å². The van der Waals surface area contributed by atoms with Crippen LogP contribution >= 0.6 is 0 Å². The van der Waals surface area contributed by atoms with Gasteiger partial charge in [-0.05, 0) is 49.7 Å². The standard InChI is InChI=1S/C21H36O4Si/c1-13-11-15(17(23)24)21(25-26(7,8)18(2,3)4)10-9-14-16(22)19(5,6)12-20(13,14)21/h13-15H,9-12H2,1-8H3,(H,23,24)/t13-,14-,15+,20+,21+/m1/s1. The largest absolute Gasteiger partial charge is 0.481 e. The van der Waals surface area contributed by atoms with Gasteiger partial charge in [-0.15, -0.1) is 0 Å². The lowest BCUT2D eigenvalue weighted by Crippen LogP contribution is -2.58. The summed E-state index contributed by atoms with van der Waals surface area (Å²) in [4.78, 5) is 25.5. The fraction of sp³-hybridized carbons (Fsp3) is 0.905. The molecule has 0 saturated heterocycles. The highest BCUT2D eigenvalue weighted by molar-refractivity contribution is 6.74. The second kappa shape index (κ2) is 5.44. The first-order valence-corrected chi connectivity index (χ1v) is 13.0. The molecule has 1 spiro atoms. The summed E-state index contributed by atoms with van der Waals surface area (Å²) in [6.07, 6.45) is 2.89. The molecule has 3 saturated carbocycles. The Balaban J connectivity index is 2.18. The number of hydrogen-bond donors (Lipinski definition) is 1. The zero-order valence-corrected chi connectivity index (χ0v) is 18.7. The van der Waals surface area contributed by atoms with Crippen molar-refractivity contribution in [1.82, 2.24) is 0 Å². The molecule has 0 amide bonds. The Morgan fingerprint density at radius 3 is 2.35 bits per heavy atom. The van der Waals surface area contributed by atoms with Crippen LogP contribution in [0.5, 0.6) is 0 Å². The van der Waals surface area contributed by atoms with E-state index in [-0.39, 0.29) is 27.7 Å². The Bertz CT molecular complexity index is 647. The summed E-state index contributed by atoms with van der Waals surface area (Å²) < 4.78 is 7.07. The highest BCUT2D eigenvalue weighted by Crippen LogP contribution is 2.74. The summed E-state index contributed by atoms with van der Waals surface area (Å²) in [6.45, 7) is 17.3. The molecule has 5 atom stereocenters. The van der Waals surface area contributed by atoms with Gasteiger partial charge in [0.25, 0.3) is 0 Å². The number of carbonyl (C=O) groups is 2. The van der Waals surface area contributed by atoms with Gasteiger partial charge in [-0.25, -0.2) is 0 Å². The third kappa shape index (κ3) is 2.28. The summed E-state index contributed by atoms with van der Waals surface area (Å²) in [5, 5.41) is 10.1. The van der Waals surface area contributed by atoms with Crippen LogP contribution in [0.4, 0.5) is 0 Å². The second-order valence-electron chi connectivity index (χ2n) is 11.3. The molecule has 0 unspecified atom stereocenters. The van der Waals surface area contributed by atoms with Gasteiger partial charge in [-0.3, -0.25) is 9.59 Å². The van der Waals surface area contributed by atoms with E-state index in [4.69, 9.17) is 4.43 Å². The molecule has 0 aromatic carbocycles. The average Bonchev–Trinajstić information content (AvgIpc) is 2.95. The van der Waals surface area contributed by atoms with Crippen LogP contribution in [-0.2, 0) is 14.0 Å². The smallest absolute Gasteiger partial charge is 0.309 e. The molecule has 0 radical (unpaired) electrons. The molecule has 4 nitrogen and oxygen atoms in total. The minimum Gasteiger partial charge on any atom is -0.481 e. The van der Waals surface area contributed by atoms with Gasteiger partial charge < -0.3 is 9.53 Å². The van der Waals surface area contributed by atoms with Gasteiger partial charge in [-0.1, -0.05) is 41.5 Å². The molecule has 0 aliphatic heterocycles. The Labute approximate surface area is 159 Å². The molecule has 148 valence electrons. The number of ketones is 1. The fourth-order valence-electron chi connectivity index (χ4n) is 6.39. The molecule has 3 rings (SSSR count). The van der Waals surface area contributed by atoms with E-state index < -0.39 is 25.8 Å². The average molecular weight is 381 g/mol.